The number of amides is 1. The van der Waals surface area contributed by atoms with Gasteiger partial charge >= 0.3 is 0 Å². The third-order valence-electron chi connectivity index (χ3n) is 3.12. The molecule has 122 valence electrons. The van der Waals surface area contributed by atoms with Crippen molar-refractivity contribution in [2.45, 2.75) is 26.2 Å². The van der Waals surface area contributed by atoms with Crippen LogP contribution in [-0.2, 0) is 4.79 Å². The molecule has 0 atom stereocenters. The lowest BCUT2D eigenvalue weighted by Gasteiger charge is -2.06. The molecule has 0 aliphatic heterocycles. The molecule has 1 aromatic rings. The molecule has 3 N–H and O–H groups in total. The summed E-state index contributed by atoms with van der Waals surface area (Å²) in [7, 11) is 0. The summed E-state index contributed by atoms with van der Waals surface area (Å²) in [5.74, 6) is -0.627. The maximum absolute atomic E-state index is 12.0. The van der Waals surface area contributed by atoms with Crippen LogP contribution < -0.4 is 10.6 Å². The van der Waals surface area contributed by atoms with Crippen LogP contribution >= 0.6 is 0 Å². The van der Waals surface area contributed by atoms with Crippen molar-refractivity contribution >= 4 is 17.4 Å². The van der Waals surface area contributed by atoms with E-state index in [0.29, 0.717) is 17.8 Å². The number of aliphatic hydroxyl groups is 1. The first kappa shape index (κ1) is 18.4. The first-order valence-corrected chi connectivity index (χ1v) is 7.45. The molecule has 0 unspecified atom stereocenters. The van der Waals surface area contributed by atoms with Gasteiger partial charge in [-0.25, -0.2) is 0 Å². The Morgan fingerprint density at radius 3 is 2.74 bits per heavy atom. The van der Waals surface area contributed by atoms with E-state index in [1.165, 1.54) is 13.1 Å². The third kappa shape index (κ3) is 6.76. The van der Waals surface area contributed by atoms with Gasteiger partial charge in [-0.1, -0.05) is 12.1 Å². The third-order valence-corrected chi connectivity index (χ3v) is 3.12. The SMILES string of the molecule is CC(=O)c1cccc(NC(=O)/C(C#N)=C\NCCCCCO)c1. The zero-order valence-electron chi connectivity index (χ0n) is 13.1. The number of ketones is 1. The minimum absolute atomic E-state index is 0.0413. The molecule has 0 saturated heterocycles. The number of Topliss-reactive ketones (excluding diaryl/α,β-unsaturated/α-hetero) is 1. The van der Waals surface area contributed by atoms with Crippen LogP contribution in [-0.4, -0.2) is 29.9 Å². The minimum atomic E-state index is -0.531. The van der Waals surface area contributed by atoms with Gasteiger partial charge in [0.05, 0.1) is 0 Å². The Hall–Kier alpha value is -2.65. The largest absolute Gasteiger partial charge is 0.396 e. The van der Waals surface area contributed by atoms with E-state index in [9.17, 15) is 9.59 Å². The highest BCUT2D eigenvalue weighted by Gasteiger charge is 2.10. The van der Waals surface area contributed by atoms with Crippen LogP contribution in [0.25, 0.3) is 0 Å². The molecule has 0 radical (unpaired) electrons. The number of nitriles is 1. The highest BCUT2D eigenvalue weighted by molar-refractivity contribution is 6.07. The summed E-state index contributed by atoms with van der Waals surface area (Å²) in [4.78, 5) is 23.4. The van der Waals surface area contributed by atoms with Crippen molar-refractivity contribution in [1.29, 1.82) is 5.26 Å². The smallest absolute Gasteiger partial charge is 0.267 e. The van der Waals surface area contributed by atoms with Crippen molar-refractivity contribution < 1.29 is 14.7 Å². The number of rotatable bonds is 9. The maximum Gasteiger partial charge on any atom is 0.267 e. The van der Waals surface area contributed by atoms with Crippen molar-refractivity contribution in [2.24, 2.45) is 0 Å². The van der Waals surface area contributed by atoms with Crippen molar-refractivity contribution in [1.82, 2.24) is 5.32 Å². The van der Waals surface area contributed by atoms with Gasteiger partial charge in [0.25, 0.3) is 5.91 Å². The zero-order valence-corrected chi connectivity index (χ0v) is 13.1. The van der Waals surface area contributed by atoms with E-state index >= 15 is 0 Å². The average Bonchev–Trinajstić information content (AvgIpc) is 2.54. The predicted octanol–water partition coefficient (Wildman–Crippen LogP) is 1.99. The number of carbonyl (C=O) groups is 2. The van der Waals surface area contributed by atoms with Crippen molar-refractivity contribution in [3.8, 4) is 6.07 Å². The average molecular weight is 315 g/mol. The molecule has 0 bridgehead atoms. The first-order valence-electron chi connectivity index (χ1n) is 7.45. The van der Waals surface area contributed by atoms with Gasteiger partial charge in [-0.3, -0.25) is 9.59 Å². The molecule has 0 spiro atoms. The fourth-order valence-electron chi connectivity index (χ4n) is 1.85. The highest BCUT2D eigenvalue weighted by Crippen LogP contribution is 2.12. The van der Waals surface area contributed by atoms with E-state index in [4.69, 9.17) is 10.4 Å². The molecule has 1 aromatic carbocycles. The van der Waals surface area contributed by atoms with Crippen LogP contribution in [0.5, 0.6) is 0 Å². The fraction of sp³-hybridized carbons (Fsp3) is 0.353. The van der Waals surface area contributed by atoms with Gasteiger partial charge in [-0.15, -0.1) is 0 Å². The number of hydrogen-bond acceptors (Lipinski definition) is 5. The van der Waals surface area contributed by atoms with Gasteiger partial charge in [0.15, 0.2) is 5.78 Å². The Bertz CT molecular complexity index is 618. The highest BCUT2D eigenvalue weighted by atomic mass is 16.2. The molecule has 0 aliphatic carbocycles. The number of nitrogens with zero attached hydrogens (tertiary/aromatic N) is 1. The summed E-state index contributed by atoms with van der Waals surface area (Å²) in [5, 5.41) is 23.2. The van der Waals surface area contributed by atoms with E-state index in [1.807, 2.05) is 6.07 Å². The molecular formula is C17H21N3O3. The van der Waals surface area contributed by atoms with Crippen molar-refractivity contribution in [3.63, 3.8) is 0 Å². The van der Waals surface area contributed by atoms with Gasteiger partial charge in [0.2, 0.25) is 0 Å². The van der Waals surface area contributed by atoms with Gasteiger partial charge in [0, 0.05) is 30.6 Å². The topological polar surface area (TPSA) is 102 Å². The second-order valence-corrected chi connectivity index (χ2v) is 5.00. The molecule has 23 heavy (non-hydrogen) atoms. The number of carbonyl (C=O) groups excluding carboxylic acids is 2. The van der Waals surface area contributed by atoms with Crippen molar-refractivity contribution in [3.05, 3.63) is 41.6 Å². The lowest BCUT2D eigenvalue weighted by Crippen LogP contribution is -2.17. The molecule has 0 aliphatic rings. The number of anilines is 1. The number of hydrogen-bond donors (Lipinski definition) is 3. The number of benzene rings is 1. The number of aliphatic hydroxyl groups excluding tert-OH is 1. The predicted molar refractivity (Wildman–Crippen MR) is 87.7 cm³/mol. The summed E-state index contributed by atoms with van der Waals surface area (Å²) in [6.45, 7) is 2.24. The van der Waals surface area contributed by atoms with Gasteiger partial charge in [-0.2, -0.15) is 5.26 Å². The molecule has 0 aromatic heterocycles. The summed E-state index contributed by atoms with van der Waals surface area (Å²) in [5.41, 5.74) is 0.916. The number of unbranched alkanes of at least 4 members (excludes halogenated alkanes) is 2. The van der Waals surface area contributed by atoms with Crippen LogP contribution in [0.3, 0.4) is 0 Å². The van der Waals surface area contributed by atoms with E-state index in [-0.39, 0.29) is 18.0 Å². The Kier molecular flexibility index (Phi) is 8.11. The molecule has 1 amide bonds. The van der Waals surface area contributed by atoms with E-state index in [1.54, 1.807) is 24.3 Å². The Balaban J connectivity index is 2.58. The van der Waals surface area contributed by atoms with Gasteiger partial charge in [0.1, 0.15) is 11.6 Å². The van der Waals surface area contributed by atoms with E-state index < -0.39 is 5.91 Å². The van der Waals surface area contributed by atoms with Crippen LogP contribution in [0.4, 0.5) is 5.69 Å². The molecule has 0 heterocycles. The second kappa shape index (κ2) is 10.1. The Morgan fingerprint density at radius 1 is 1.30 bits per heavy atom. The Morgan fingerprint density at radius 2 is 2.09 bits per heavy atom. The standard InChI is InChI=1S/C17H21N3O3/c1-13(22)14-6-5-7-16(10-14)20-17(23)15(11-18)12-19-8-3-2-4-9-21/h5-7,10,12,19,21H,2-4,8-9H2,1H3,(H,20,23)/b15-12-. The molecule has 1 rings (SSSR count). The normalized spacial score (nSPS) is 10.7. The van der Waals surface area contributed by atoms with Crippen LogP contribution in [0.1, 0.15) is 36.5 Å². The number of nitrogens with one attached hydrogen (secondary N) is 2. The quantitative estimate of drug-likeness (QED) is 0.280. The molecule has 0 fully saturated rings. The lowest BCUT2D eigenvalue weighted by atomic mass is 10.1. The molecule has 6 nitrogen and oxygen atoms in total. The molecule has 0 saturated carbocycles. The minimum Gasteiger partial charge on any atom is -0.396 e. The van der Waals surface area contributed by atoms with Crippen LogP contribution in [0, 0.1) is 11.3 Å². The zero-order chi connectivity index (χ0) is 17.1. The molecule has 6 heteroatoms. The van der Waals surface area contributed by atoms with E-state index in [2.05, 4.69) is 10.6 Å². The summed E-state index contributed by atoms with van der Waals surface area (Å²) >= 11 is 0. The van der Waals surface area contributed by atoms with Gasteiger partial charge in [-0.05, 0) is 38.3 Å². The summed E-state index contributed by atoms with van der Waals surface area (Å²) in [6.07, 6.45) is 3.84. The van der Waals surface area contributed by atoms with Crippen LogP contribution in [0.15, 0.2) is 36.0 Å². The lowest BCUT2D eigenvalue weighted by molar-refractivity contribution is -0.112. The summed E-state index contributed by atoms with van der Waals surface area (Å²) in [6, 6.07) is 8.39. The fourth-order valence-corrected chi connectivity index (χ4v) is 1.85. The molecular weight excluding hydrogens is 294 g/mol. The summed E-state index contributed by atoms with van der Waals surface area (Å²) < 4.78 is 0. The van der Waals surface area contributed by atoms with E-state index in [0.717, 1.165) is 19.3 Å². The monoisotopic (exact) mass is 315 g/mol. The Labute approximate surface area is 135 Å². The first-order chi connectivity index (χ1) is 11.1. The van der Waals surface area contributed by atoms with Crippen LogP contribution in [0.2, 0.25) is 0 Å². The second-order valence-electron chi connectivity index (χ2n) is 5.00. The maximum atomic E-state index is 12.0. The van der Waals surface area contributed by atoms with Gasteiger partial charge < -0.3 is 15.7 Å². The van der Waals surface area contributed by atoms with Crippen molar-refractivity contribution in [2.75, 3.05) is 18.5 Å².